The maximum absolute atomic E-state index is 11.6. The van der Waals surface area contributed by atoms with Gasteiger partial charge in [-0.15, -0.1) is 0 Å². The Morgan fingerprint density at radius 2 is 2.12 bits per heavy atom. The number of likely N-dealkylation sites (N-methyl/N-ethyl adjacent to an activating group) is 1. The van der Waals surface area contributed by atoms with E-state index < -0.39 is 0 Å². The van der Waals surface area contributed by atoms with Gasteiger partial charge in [0.05, 0.1) is 0 Å². The van der Waals surface area contributed by atoms with Crippen molar-refractivity contribution in [2.45, 2.75) is 39.8 Å². The van der Waals surface area contributed by atoms with Crippen molar-refractivity contribution >= 4 is 5.69 Å². The van der Waals surface area contributed by atoms with Crippen molar-refractivity contribution in [3.05, 3.63) is 28.7 Å². The molecule has 1 atom stereocenters. The lowest BCUT2D eigenvalue weighted by Gasteiger charge is -2.27. The van der Waals surface area contributed by atoms with Crippen molar-refractivity contribution in [1.82, 2.24) is 9.47 Å². The van der Waals surface area contributed by atoms with Gasteiger partial charge < -0.3 is 10.3 Å². The van der Waals surface area contributed by atoms with Gasteiger partial charge in [0.15, 0.2) is 0 Å². The van der Waals surface area contributed by atoms with Gasteiger partial charge in [0, 0.05) is 37.1 Å². The number of aromatic nitrogens is 1. The molecule has 0 bridgehead atoms. The molecule has 0 spiro atoms. The average Bonchev–Trinajstić information content (AvgIpc) is 2.33. The fraction of sp³-hybridized carbons (Fsp3) is 0.615. The van der Waals surface area contributed by atoms with E-state index >= 15 is 0 Å². The highest BCUT2D eigenvalue weighted by atomic mass is 16.1. The SMILES string of the molecule is CCC(C)N(CC)CCn1cc(N)ccc1=O. The molecule has 0 aliphatic heterocycles. The largest absolute Gasteiger partial charge is 0.398 e. The summed E-state index contributed by atoms with van der Waals surface area (Å²) in [7, 11) is 0. The Labute approximate surface area is 103 Å². The molecule has 0 saturated heterocycles. The normalized spacial score (nSPS) is 12.9. The van der Waals surface area contributed by atoms with Gasteiger partial charge in [-0.1, -0.05) is 13.8 Å². The second-order valence-corrected chi connectivity index (χ2v) is 4.38. The Balaban J connectivity index is 2.65. The van der Waals surface area contributed by atoms with E-state index in [0.29, 0.717) is 18.3 Å². The highest BCUT2D eigenvalue weighted by Crippen LogP contribution is 2.03. The summed E-state index contributed by atoms with van der Waals surface area (Å²) in [5.74, 6) is 0. The Bertz CT molecular complexity index is 400. The summed E-state index contributed by atoms with van der Waals surface area (Å²) in [4.78, 5) is 14.0. The van der Waals surface area contributed by atoms with Crippen molar-refractivity contribution < 1.29 is 0 Å². The predicted molar refractivity (Wildman–Crippen MR) is 72.1 cm³/mol. The molecule has 17 heavy (non-hydrogen) atoms. The number of hydrogen-bond donors (Lipinski definition) is 1. The summed E-state index contributed by atoms with van der Waals surface area (Å²) in [5, 5.41) is 0. The molecule has 1 rings (SSSR count). The molecule has 1 aromatic rings. The van der Waals surface area contributed by atoms with Crippen molar-refractivity contribution in [1.29, 1.82) is 0 Å². The van der Waals surface area contributed by atoms with Crippen LogP contribution < -0.4 is 11.3 Å². The Morgan fingerprint density at radius 1 is 1.41 bits per heavy atom. The Kier molecular flexibility index (Phi) is 5.22. The molecule has 1 aromatic heterocycles. The topological polar surface area (TPSA) is 51.3 Å². The summed E-state index contributed by atoms with van der Waals surface area (Å²) in [6.45, 7) is 9.13. The predicted octanol–water partition coefficient (Wildman–Crippen LogP) is 1.55. The van der Waals surface area contributed by atoms with E-state index in [1.54, 1.807) is 16.8 Å². The van der Waals surface area contributed by atoms with E-state index in [9.17, 15) is 4.79 Å². The molecule has 0 aliphatic carbocycles. The summed E-state index contributed by atoms with van der Waals surface area (Å²) in [6.07, 6.45) is 2.84. The van der Waals surface area contributed by atoms with Gasteiger partial charge in [0.25, 0.3) is 5.56 Å². The van der Waals surface area contributed by atoms with Crippen LogP contribution in [0.1, 0.15) is 27.2 Å². The van der Waals surface area contributed by atoms with Crippen LogP contribution in [-0.2, 0) is 6.54 Å². The first-order valence-corrected chi connectivity index (χ1v) is 6.28. The average molecular weight is 237 g/mol. The number of nitrogens with zero attached hydrogens (tertiary/aromatic N) is 2. The van der Waals surface area contributed by atoms with Crippen molar-refractivity contribution in [2.24, 2.45) is 0 Å². The van der Waals surface area contributed by atoms with Crippen LogP contribution in [0.3, 0.4) is 0 Å². The lowest BCUT2D eigenvalue weighted by atomic mass is 10.2. The maximum atomic E-state index is 11.6. The molecule has 4 heteroatoms. The van der Waals surface area contributed by atoms with Crippen LogP contribution in [0.5, 0.6) is 0 Å². The number of rotatable bonds is 6. The van der Waals surface area contributed by atoms with Crippen LogP contribution in [0.4, 0.5) is 5.69 Å². The molecule has 0 aliphatic rings. The number of pyridine rings is 1. The van der Waals surface area contributed by atoms with Gasteiger partial charge in [-0.2, -0.15) is 0 Å². The summed E-state index contributed by atoms with van der Waals surface area (Å²) >= 11 is 0. The third-order valence-electron chi connectivity index (χ3n) is 3.25. The monoisotopic (exact) mass is 237 g/mol. The first kappa shape index (κ1) is 13.8. The van der Waals surface area contributed by atoms with Crippen molar-refractivity contribution in [3.8, 4) is 0 Å². The summed E-state index contributed by atoms with van der Waals surface area (Å²) in [6, 6.07) is 3.72. The molecule has 4 nitrogen and oxygen atoms in total. The minimum absolute atomic E-state index is 0.0133. The van der Waals surface area contributed by atoms with Gasteiger partial charge in [-0.25, -0.2) is 0 Å². The zero-order valence-corrected chi connectivity index (χ0v) is 11.0. The highest BCUT2D eigenvalue weighted by Gasteiger charge is 2.09. The fourth-order valence-corrected chi connectivity index (χ4v) is 1.91. The van der Waals surface area contributed by atoms with Gasteiger partial charge in [0.2, 0.25) is 0 Å². The van der Waals surface area contributed by atoms with Crippen LogP contribution in [-0.4, -0.2) is 28.6 Å². The van der Waals surface area contributed by atoms with Crippen LogP contribution in [0, 0.1) is 0 Å². The lowest BCUT2D eigenvalue weighted by Crippen LogP contribution is -2.36. The molecule has 0 saturated carbocycles. The quantitative estimate of drug-likeness (QED) is 0.816. The molecule has 0 radical (unpaired) electrons. The fourth-order valence-electron chi connectivity index (χ4n) is 1.91. The van der Waals surface area contributed by atoms with Crippen LogP contribution in [0.2, 0.25) is 0 Å². The van der Waals surface area contributed by atoms with E-state index in [1.807, 2.05) is 0 Å². The molecule has 1 heterocycles. The smallest absolute Gasteiger partial charge is 0.250 e. The van der Waals surface area contributed by atoms with E-state index in [2.05, 4.69) is 25.7 Å². The zero-order chi connectivity index (χ0) is 12.8. The second-order valence-electron chi connectivity index (χ2n) is 4.38. The van der Waals surface area contributed by atoms with E-state index in [0.717, 1.165) is 19.5 Å². The van der Waals surface area contributed by atoms with Crippen LogP contribution in [0.25, 0.3) is 0 Å². The number of hydrogen-bond acceptors (Lipinski definition) is 3. The summed E-state index contributed by atoms with van der Waals surface area (Å²) in [5.41, 5.74) is 6.33. The van der Waals surface area contributed by atoms with E-state index in [4.69, 9.17) is 5.73 Å². The minimum atomic E-state index is 0.0133. The third-order valence-corrected chi connectivity index (χ3v) is 3.25. The minimum Gasteiger partial charge on any atom is -0.398 e. The zero-order valence-electron chi connectivity index (χ0n) is 11.0. The highest BCUT2D eigenvalue weighted by molar-refractivity contribution is 5.33. The number of anilines is 1. The Hall–Kier alpha value is -1.29. The first-order valence-electron chi connectivity index (χ1n) is 6.28. The molecule has 0 amide bonds. The molecule has 0 fully saturated rings. The first-order chi connectivity index (χ1) is 8.08. The summed E-state index contributed by atoms with van der Waals surface area (Å²) < 4.78 is 1.68. The third kappa shape index (κ3) is 3.89. The van der Waals surface area contributed by atoms with E-state index in [-0.39, 0.29) is 5.56 Å². The molecule has 2 N–H and O–H groups in total. The van der Waals surface area contributed by atoms with Gasteiger partial charge in [0.1, 0.15) is 0 Å². The van der Waals surface area contributed by atoms with Crippen LogP contribution in [0.15, 0.2) is 23.1 Å². The van der Waals surface area contributed by atoms with Gasteiger partial charge >= 0.3 is 0 Å². The van der Waals surface area contributed by atoms with E-state index in [1.165, 1.54) is 6.07 Å². The molecular weight excluding hydrogens is 214 g/mol. The van der Waals surface area contributed by atoms with Gasteiger partial charge in [-0.3, -0.25) is 9.69 Å². The number of nitrogens with two attached hydrogens (primary N) is 1. The molecule has 0 aromatic carbocycles. The molecule has 96 valence electrons. The van der Waals surface area contributed by atoms with Gasteiger partial charge in [-0.05, 0) is 26.0 Å². The molecule has 1 unspecified atom stereocenters. The molecular formula is C13H23N3O. The number of nitrogen functional groups attached to an aromatic ring is 1. The Morgan fingerprint density at radius 3 is 2.71 bits per heavy atom. The van der Waals surface area contributed by atoms with Crippen LogP contribution >= 0.6 is 0 Å². The van der Waals surface area contributed by atoms with Crippen molar-refractivity contribution in [3.63, 3.8) is 0 Å². The second kappa shape index (κ2) is 6.45. The maximum Gasteiger partial charge on any atom is 0.250 e. The lowest BCUT2D eigenvalue weighted by molar-refractivity contribution is 0.206. The standard InChI is InChI=1S/C13H23N3O/c1-4-11(3)15(5-2)8-9-16-10-12(14)6-7-13(16)17/h6-7,10-11H,4-5,8-9,14H2,1-3H3. The van der Waals surface area contributed by atoms with Crippen molar-refractivity contribution in [2.75, 3.05) is 18.8 Å².